The molecule has 0 atom stereocenters. The van der Waals surface area contributed by atoms with Crippen molar-refractivity contribution >= 4 is 11.8 Å². The van der Waals surface area contributed by atoms with E-state index in [0.29, 0.717) is 5.69 Å². The Morgan fingerprint density at radius 2 is 2.00 bits per heavy atom. The van der Waals surface area contributed by atoms with E-state index in [0.717, 1.165) is 6.07 Å². The molecule has 1 amide bonds. The number of ether oxygens (including phenoxy) is 1. The number of rotatable bonds is 2. The molecule has 0 aliphatic carbocycles. The molecule has 1 aromatic rings. The smallest absolute Gasteiger partial charge is 0.412 e. The van der Waals surface area contributed by atoms with E-state index >= 15 is 0 Å². The van der Waals surface area contributed by atoms with Gasteiger partial charge in [-0.05, 0) is 33.8 Å². The number of aromatic nitrogens is 2. The lowest BCUT2D eigenvalue weighted by Gasteiger charge is -2.20. The second kappa shape index (κ2) is 5.24. The molecule has 1 N–H and O–H groups in total. The first kappa shape index (κ1) is 14.3. The van der Waals surface area contributed by atoms with Crippen LogP contribution in [0.15, 0.2) is 6.07 Å². The van der Waals surface area contributed by atoms with E-state index in [1.54, 1.807) is 27.7 Å². The highest BCUT2D eigenvalue weighted by molar-refractivity contribution is 5.85. The minimum Gasteiger partial charge on any atom is -0.444 e. The van der Waals surface area contributed by atoms with Crippen molar-refractivity contribution in [3.05, 3.63) is 17.5 Å². The Kier molecular flexibility index (Phi) is 4.15. The molecule has 7 heteroatoms. The number of anilines is 1. The third-order valence-corrected chi connectivity index (χ3v) is 1.86. The number of carbonyl (C=O) groups is 1. The fourth-order valence-electron chi connectivity index (χ4n) is 1.11. The SMILES string of the molecule is Cc1nnc(C(F)F)cc1NC(=O)OC(C)(C)C. The summed E-state index contributed by atoms with van der Waals surface area (Å²) >= 11 is 0. The molecule has 1 heterocycles. The number of hydrogen-bond donors (Lipinski definition) is 1. The first-order valence-electron chi connectivity index (χ1n) is 5.31. The molecule has 0 aromatic carbocycles. The second-order valence-corrected chi connectivity index (χ2v) is 4.70. The van der Waals surface area contributed by atoms with E-state index in [2.05, 4.69) is 15.5 Å². The van der Waals surface area contributed by atoms with Crippen LogP contribution in [0.1, 0.15) is 38.6 Å². The minimum atomic E-state index is -2.74. The highest BCUT2D eigenvalue weighted by Gasteiger charge is 2.18. The number of aryl methyl sites for hydroxylation is 1. The van der Waals surface area contributed by atoms with Crippen LogP contribution in [-0.2, 0) is 4.74 Å². The zero-order valence-corrected chi connectivity index (χ0v) is 10.6. The molecule has 0 fully saturated rings. The molecule has 0 saturated heterocycles. The summed E-state index contributed by atoms with van der Waals surface area (Å²) in [5.41, 5.74) is -0.657. The fourth-order valence-corrected chi connectivity index (χ4v) is 1.11. The number of alkyl halides is 2. The molecule has 0 bridgehead atoms. The average molecular weight is 259 g/mol. The summed E-state index contributed by atoms with van der Waals surface area (Å²) in [6.07, 6.45) is -3.46. The van der Waals surface area contributed by atoms with Crippen LogP contribution >= 0.6 is 0 Å². The number of amides is 1. The Morgan fingerprint density at radius 1 is 1.39 bits per heavy atom. The van der Waals surface area contributed by atoms with Gasteiger partial charge in [-0.25, -0.2) is 13.6 Å². The third kappa shape index (κ3) is 4.23. The summed E-state index contributed by atoms with van der Waals surface area (Å²) in [7, 11) is 0. The highest BCUT2D eigenvalue weighted by atomic mass is 19.3. The van der Waals surface area contributed by atoms with Crippen molar-refractivity contribution in [1.29, 1.82) is 0 Å². The number of halogens is 2. The van der Waals surface area contributed by atoms with Crippen molar-refractivity contribution in [2.75, 3.05) is 5.32 Å². The topological polar surface area (TPSA) is 64.1 Å². The van der Waals surface area contributed by atoms with Crippen LogP contribution in [0.5, 0.6) is 0 Å². The van der Waals surface area contributed by atoms with Crippen LogP contribution in [0.2, 0.25) is 0 Å². The predicted molar refractivity (Wildman–Crippen MR) is 61.6 cm³/mol. The number of carbonyl (C=O) groups excluding carboxylic acids is 1. The Bertz CT molecular complexity index is 444. The zero-order valence-electron chi connectivity index (χ0n) is 10.6. The van der Waals surface area contributed by atoms with Gasteiger partial charge in [-0.15, -0.1) is 5.10 Å². The molecule has 100 valence electrons. The Labute approximate surface area is 104 Å². The molecular formula is C11H15F2N3O2. The van der Waals surface area contributed by atoms with E-state index in [-0.39, 0.29) is 5.69 Å². The fraction of sp³-hybridized carbons (Fsp3) is 0.545. The van der Waals surface area contributed by atoms with Gasteiger partial charge in [0.15, 0.2) is 0 Å². The van der Waals surface area contributed by atoms with Crippen molar-refractivity contribution in [2.45, 2.75) is 39.7 Å². The number of nitrogens with one attached hydrogen (secondary N) is 1. The van der Waals surface area contributed by atoms with E-state index in [4.69, 9.17) is 4.74 Å². The van der Waals surface area contributed by atoms with Gasteiger partial charge in [0.2, 0.25) is 0 Å². The van der Waals surface area contributed by atoms with Crippen LogP contribution in [0, 0.1) is 6.92 Å². The summed E-state index contributed by atoms with van der Waals surface area (Å²) in [5, 5.41) is 9.24. The first-order chi connectivity index (χ1) is 8.19. The standard InChI is InChI=1S/C11H15F2N3O2/c1-6-7(5-8(9(12)13)16-15-6)14-10(17)18-11(2,3)4/h5,9H,1-4H3,(H,14,16,17). The van der Waals surface area contributed by atoms with Gasteiger partial charge in [0.1, 0.15) is 11.3 Å². The molecule has 1 aromatic heterocycles. The molecule has 0 saturated carbocycles. The maximum absolute atomic E-state index is 12.4. The normalized spacial score (nSPS) is 11.5. The predicted octanol–water partition coefficient (Wildman–Crippen LogP) is 3.07. The Hall–Kier alpha value is -1.79. The molecule has 0 aliphatic heterocycles. The van der Waals surface area contributed by atoms with Crippen molar-refractivity contribution < 1.29 is 18.3 Å². The van der Waals surface area contributed by atoms with E-state index in [1.807, 2.05) is 0 Å². The Balaban J connectivity index is 2.84. The largest absolute Gasteiger partial charge is 0.444 e. The van der Waals surface area contributed by atoms with Gasteiger partial charge in [0, 0.05) is 0 Å². The van der Waals surface area contributed by atoms with Crippen molar-refractivity contribution in [3.63, 3.8) is 0 Å². The van der Waals surface area contributed by atoms with Crippen molar-refractivity contribution in [3.8, 4) is 0 Å². The van der Waals surface area contributed by atoms with Gasteiger partial charge in [-0.1, -0.05) is 0 Å². The monoisotopic (exact) mass is 259 g/mol. The summed E-state index contributed by atoms with van der Waals surface area (Å²) in [6, 6.07) is 1.08. The molecule has 5 nitrogen and oxygen atoms in total. The summed E-state index contributed by atoms with van der Waals surface area (Å²) in [4.78, 5) is 11.5. The third-order valence-electron chi connectivity index (χ3n) is 1.86. The molecule has 18 heavy (non-hydrogen) atoms. The number of nitrogens with zero attached hydrogens (tertiary/aromatic N) is 2. The van der Waals surface area contributed by atoms with Crippen molar-refractivity contribution in [1.82, 2.24) is 10.2 Å². The van der Waals surface area contributed by atoms with E-state index < -0.39 is 23.8 Å². The summed E-state index contributed by atoms with van der Waals surface area (Å²) < 4.78 is 29.9. The molecule has 0 radical (unpaired) electrons. The maximum Gasteiger partial charge on any atom is 0.412 e. The van der Waals surface area contributed by atoms with Crippen LogP contribution in [-0.4, -0.2) is 21.9 Å². The van der Waals surface area contributed by atoms with E-state index in [9.17, 15) is 13.6 Å². The number of hydrogen-bond acceptors (Lipinski definition) is 4. The lowest BCUT2D eigenvalue weighted by molar-refractivity contribution is 0.0635. The van der Waals surface area contributed by atoms with Gasteiger partial charge >= 0.3 is 6.09 Å². The van der Waals surface area contributed by atoms with Crippen molar-refractivity contribution in [2.24, 2.45) is 0 Å². The van der Waals surface area contributed by atoms with Gasteiger partial charge in [0.25, 0.3) is 6.43 Å². The molecule has 0 aliphatic rings. The lowest BCUT2D eigenvalue weighted by Crippen LogP contribution is -2.27. The zero-order chi connectivity index (χ0) is 13.9. The molecular weight excluding hydrogens is 244 g/mol. The summed E-state index contributed by atoms with van der Waals surface area (Å²) in [6.45, 7) is 6.66. The summed E-state index contributed by atoms with van der Waals surface area (Å²) in [5.74, 6) is 0. The molecule has 1 rings (SSSR count). The van der Waals surface area contributed by atoms with Crippen LogP contribution < -0.4 is 5.32 Å². The highest BCUT2D eigenvalue weighted by Crippen LogP contribution is 2.21. The molecule has 0 unspecified atom stereocenters. The quantitative estimate of drug-likeness (QED) is 0.886. The van der Waals surface area contributed by atoms with Gasteiger partial charge < -0.3 is 4.74 Å². The lowest BCUT2D eigenvalue weighted by atomic mass is 10.2. The van der Waals surface area contributed by atoms with Gasteiger partial charge in [-0.2, -0.15) is 5.10 Å². The van der Waals surface area contributed by atoms with Gasteiger partial charge in [0.05, 0.1) is 11.4 Å². The van der Waals surface area contributed by atoms with Crippen LogP contribution in [0.25, 0.3) is 0 Å². The van der Waals surface area contributed by atoms with Crippen LogP contribution in [0.3, 0.4) is 0 Å². The van der Waals surface area contributed by atoms with E-state index in [1.165, 1.54) is 0 Å². The molecule has 0 spiro atoms. The second-order valence-electron chi connectivity index (χ2n) is 4.70. The minimum absolute atomic E-state index is 0.162. The maximum atomic E-state index is 12.4. The Morgan fingerprint density at radius 3 is 2.50 bits per heavy atom. The van der Waals surface area contributed by atoms with Gasteiger partial charge in [-0.3, -0.25) is 5.32 Å². The first-order valence-corrected chi connectivity index (χ1v) is 5.31. The van der Waals surface area contributed by atoms with Crippen LogP contribution in [0.4, 0.5) is 19.3 Å². The average Bonchev–Trinajstić information content (AvgIpc) is 2.18.